The molecular formula is C6H6N2O4. The summed E-state index contributed by atoms with van der Waals surface area (Å²) in [6, 6.07) is 0. The number of hydrogen-bond acceptors (Lipinski definition) is 6. The molecule has 6 nitrogen and oxygen atoms in total. The number of ether oxygens (including phenoxy) is 1. The second-order valence-electron chi connectivity index (χ2n) is 1.93. The summed E-state index contributed by atoms with van der Waals surface area (Å²) in [6.45, 7) is 0. The fourth-order valence-electron chi connectivity index (χ4n) is 0.576. The molecule has 0 aliphatic rings. The van der Waals surface area contributed by atoms with Gasteiger partial charge in [-0.1, -0.05) is 5.16 Å². The van der Waals surface area contributed by atoms with Gasteiger partial charge in [0.05, 0.1) is 7.11 Å². The molecule has 0 aromatic carbocycles. The van der Waals surface area contributed by atoms with E-state index in [1.807, 2.05) is 0 Å². The number of Topliss-reactive ketones (excluding diaryl/α,β-unsaturated/α-hetero) is 1. The van der Waals surface area contributed by atoms with Crippen molar-refractivity contribution in [1.29, 1.82) is 0 Å². The zero-order valence-corrected chi connectivity index (χ0v) is 6.31. The molecule has 0 saturated heterocycles. The number of esters is 1. The van der Waals surface area contributed by atoms with E-state index in [0.29, 0.717) is 0 Å². The molecule has 0 atom stereocenters. The van der Waals surface area contributed by atoms with Crippen LogP contribution in [0.5, 0.6) is 0 Å². The van der Waals surface area contributed by atoms with Gasteiger partial charge in [0.15, 0.2) is 0 Å². The Balaban J connectivity index is 2.56. The van der Waals surface area contributed by atoms with Gasteiger partial charge in [-0.05, 0) is 0 Å². The summed E-state index contributed by atoms with van der Waals surface area (Å²) in [6.07, 6.45) is 0.653. The number of methoxy groups -OCH3 is 1. The van der Waals surface area contributed by atoms with Crippen molar-refractivity contribution in [3.05, 3.63) is 12.2 Å². The number of hydrogen-bond donors (Lipinski definition) is 0. The highest BCUT2D eigenvalue weighted by atomic mass is 16.5. The maximum absolute atomic E-state index is 11.0. The molecule has 0 radical (unpaired) electrons. The first kappa shape index (κ1) is 8.38. The van der Waals surface area contributed by atoms with Crippen molar-refractivity contribution >= 4 is 11.8 Å². The molecule has 0 saturated carbocycles. The van der Waals surface area contributed by atoms with Gasteiger partial charge in [0.1, 0.15) is 6.42 Å². The van der Waals surface area contributed by atoms with Crippen molar-refractivity contribution in [1.82, 2.24) is 10.1 Å². The molecule has 0 bridgehead atoms. The van der Waals surface area contributed by atoms with E-state index < -0.39 is 11.8 Å². The normalized spacial score (nSPS) is 9.42. The van der Waals surface area contributed by atoms with Gasteiger partial charge in [-0.25, -0.2) is 0 Å². The quantitative estimate of drug-likeness (QED) is 0.355. The Morgan fingerprint density at radius 1 is 1.67 bits per heavy atom. The van der Waals surface area contributed by atoms with Crippen LogP contribution >= 0.6 is 0 Å². The maximum atomic E-state index is 11.0. The number of carbonyl (C=O) groups is 2. The molecule has 0 aliphatic heterocycles. The van der Waals surface area contributed by atoms with E-state index >= 15 is 0 Å². The molecule has 0 spiro atoms. The van der Waals surface area contributed by atoms with E-state index in [1.165, 1.54) is 7.11 Å². The Kier molecular flexibility index (Phi) is 2.52. The van der Waals surface area contributed by atoms with Crippen LogP contribution in [0.1, 0.15) is 17.0 Å². The van der Waals surface area contributed by atoms with Gasteiger partial charge in [0.2, 0.25) is 18.0 Å². The molecule has 6 heteroatoms. The van der Waals surface area contributed by atoms with Crippen molar-refractivity contribution in [2.24, 2.45) is 0 Å². The zero-order valence-electron chi connectivity index (χ0n) is 6.31. The minimum Gasteiger partial charge on any atom is -0.469 e. The monoisotopic (exact) mass is 170 g/mol. The van der Waals surface area contributed by atoms with Gasteiger partial charge >= 0.3 is 5.97 Å². The van der Waals surface area contributed by atoms with Gasteiger partial charge in [-0.15, -0.1) is 0 Å². The summed E-state index contributed by atoms with van der Waals surface area (Å²) in [5.74, 6) is -1.25. The molecule has 0 amide bonds. The van der Waals surface area contributed by atoms with Crippen molar-refractivity contribution in [3.63, 3.8) is 0 Å². The molecule has 0 fully saturated rings. The highest BCUT2D eigenvalue weighted by Crippen LogP contribution is 1.96. The molecule has 1 heterocycles. The van der Waals surface area contributed by atoms with Crippen molar-refractivity contribution in [3.8, 4) is 0 Å². The van der Waals surface area contributed by atoms with Crippen LogP contribution in [-0.4, -0.2) is 29.0 Å². The maximum Gasteiger partial charge on any atom is 0.313 e. The smallest absolute Gasteiger partial charge is 0.313 e. The number of carbonyl (C=O) groups excluding carboxylic acids is 2. The minimum absolute atomic E-state index is 0.111. The van der Waals surface area contributed by atoms with Crippen LogP contribution in [0.2, 0.25) is 0 Å². The first-order valence-electron chi connectivity index (χ1n) is 3.10. The fraction of sp³-hybridized carbons (Fsp3) is 0.333. The number of nitrogens with zero attached hydrogens (tertiary/aromatic N) is 2. The molecule has 0 unspecified atom stereocenters. The second-order valence-corrected chi connectivity index (χ2v) is 1.93. The van der Waals surface area contributed by atoms with E-state index in [4.69, 9.17) is 0 Å². The topological polar surface area (TPSA) is 82.3 Å². The summed E-state index contributed by atoms with van der Waals surface area (Å²) < 4.78 is 8.59. The van der Waals surface area contributed by atoms with E-state index in [-0.39, 0.29) is 12.2 Å². The van der Waals surface area contributed by atoms with E-state index in [9.17, 15) is 9.59 Å². The molecule has 0 aliphatic carbocycles. The average molecular weight is 170 g/mol. The third kappa shape index (κ3) is 1.88. The first-order valence-corrected chi connectivity index (χ1v) is 3.10. The summed E-state index contributed by atoms with van der Waals surface area (Å²) in [7, 11) is 1.20. The largest absolute Gasteiger partial charge is 0.469 e. The zero-order chi connectivity index (χ0) is 8.97. The van der Waals surface area contributed by atoms with Gasteiger partial charge < -0.3 is 9.26 Å². The minimum atomic E-state index is -0.621. The predicted octanol–water partition coefficient (Wildman–Crippen LogP) is -0.185. The van der Waals surface area contributed by atoms with Crippen LogP contribution in [0.15, 0.2) is 10.9 Å². The van der Waals surface area contributed by atoms with E-state index in [2.05, 4.69) is 19.4 Å². The Hall–Kier alpha value is -1.72. The Labute approximate surface area is 67.5 Å². The third-order valence-corrected chi connectivity index (χ3v) is 1.14. The molecule has 1 aromatic rings. The summed E-state index contributed by atoms with van der Waals surface area (Å²) >= 11 is 0. The Morgan fingerprint density at radius 3 is 2.92 bits per heavy atom. The molecule has 64 valence electrons. The lowest BCUT2D eigenvalue weighted by Gasteiger charge is -1.93. The third-order valence-electron chi connectivity index (χ3n) is 1.14. The van der Waals surface area contributed by atoms with E-state index in [0.717, 1.165) is 6.39 Å². The number of aromatic nitrogens is 2. The average Bonchev–Trinajstić information content (AvgIpc) is 2.56. The lowest BCUT2D eigenvalue weighted by molar-refractivity contribution is -0.139. The van der Waals surface area contributed by atoms with Gasteiger partial charge in [0.25, 0.3) is 0 Å². The first-order chi connectivity index (χ1) is 5.74. The van der Waals surface area contributed by atoms with Crippen LogP contribution in [0.25, 0.3) is 0 Å². The predicted molar refractivity (Wildman–Crippen MR) is 35.3 cm³/mol. The number of rotatable bonds is 3. The molecule has 0 N–H and O–H groups in total. The molecule has 1 aromatic heterocycles. The lowest BCUT2D eigenvalue weighted by Crippen LogP contribution is -2.10. The molecule has 1 rings (SSSR count). The van der Waals surface area contributed by atoms with Crippen LogP contribution < -0.4 is 0 Å². The van der Waals surface area contributed by atoms with Gasteiger partial charge in [0, 0.05) is 0 Å². The van der Waals surface area contributed by atoms with Crippen molar-refractivity contribution < 1.29 is 18.8 Å². The fourth-order valence-corrected chi connectivity index (χ4v) is 0.576. The highest BCUT2D eigenvalue weighted by molar-refractivity contribution is 6.03. The Morgan fingerprint density at radius 2 is 2.42 bits per heavy atom. The summed E-state index contributed by atoms with van der Waals surface area (Å²) in [5, 5.41) is 3.26. The van der Waals surface area contributed by atoms with Crippen LogP contribution in [0.4, 0.5) is 0 Å². The second kappa shape index (κ2) is 3.61. The standard InChI is InChI=1S/C6H6N2O4/c1-11-5(10)2-4(9)6-7-3-12-8-6/h3H,2H2,1H3. The van der Waals surface area contributed by atoms with Crippen LogP contribution in [-0.2, 0) is 9.53 Å². The van der Waals surface area contributed by atoms with Crippen molar-refractivity contribution in [2.45, 2.75) is 6.42 Å². The van der Waals surface area contributed by atoms with Crippen molar-refractivity contribution in [2.75, 3.05) is 7.11 Å². The summed E-state index contributed by atoms with van der Waals surface area (Å²) in [5.41, 5.74) is 0. The summed E-state index contributed by atoms with van der Waals surface area (Å²) in [4.78, 5) is 25.0. The SMILES string of the molecule is COC(=O)CC(=O)c1ncon1. The lowest BCUT2D eigenvalue weighted by atomic mass is 10.3. The molecular weight excluding hydrogens is 164 g/mol. The van der Waals surface area contributed by atoms with Gasteiger partial charge in [-0.2, -0.15) is 4.98 Å². The Bertz CT molecular complexity index is 280. The highest BCUT2D eigenvalue weighted by Gasteiger charge is 2.15. The van der Waals surface area contributed by atoms with Crippen LogP contribution in [0.3, 0.4) is 0 Å². The number of ketones is 1. The van der Waals surface area contributed by atoms with E-state index in [1.54, 1.807) is 0 Å². The molecule has 12 heavy (non-hydrogen) atoms. The van der Waals surface area contributed by atoms with Gasteiger partial charge in [-0.3, -0.25) is 9.59 Å². The van der Waals surface area contributed by atoms with Crippen LogP contribution in [0, 0.1) is 0 Å².